The molecular formula is C7H15N5O2. The van der Waals surface area contributed by atoms with E-state index in [2.05, 4.69) is 20.8 Å². The minimum Gasteiger partial charge on any atom is -0.396 e. The Hall–Kier alpha value is -1.21. The third-order valence-corrected chi connectivity index (χ3v) is 1.80. The van der Waals surface area contributed by atoms with Gasteiger partial charge in [0.25, 0.3) is 0 Å². The number of ether oxygens (including phenoxy) is 1. The molecule has 0 aliphatic carbocycles. The van der Waals surface area contributed by atoms with Gasteiger partial charge in [0.15, 0.2) is 0 Å². The lowest BCUT2D eigenvalue weighted by molar-refractivity contribution is 0.170. The highest BCUT2D eigenvalue weighted by molar-refractivity contribution is 5.23. The van der Waals surface area contributed by atoms with Gasteiger partial charge in [-0.3, -0.25) is 0 Å². The fraction of sp³-hybridized carbons (Fsp3) is 0.857. The number of nitrogens with zero attached hydrogens (tertiary/aromatic N) is 4. The van der Waals surface area contributed by atoms with Crippen LogP contribution in [0.5, 0.6) is 0 Å². The molecule has 7 nitrogen and oxygen atoms in total. The van der Waals surface area contributed by atoms with E-state index in [1.165, 1.54) is 4.68 Å². The molecule has 7 heteroatoms. The Balaban J connectivity index is 2.50. The Kier molecular flexibility index (Phi) is 4.27. The van der Waals surface area contributed by atoms with E-state index in [0.717, 1.165) is 0 Å². The standard InChI is InChI=1S/C7H15N5O2/c1-12-7(9-10-11-12)8-6(3-4-13)5-14-2/h6,13H,3-5H2,1-2H3,(H,8,9,11). The van der Waals surface area contributed by atoms with Crippen LogP contribution in [-0.4, -0.2) is 51.7 Å². The monoisotopic (exact) mass is 201 g/mol. The van der Waals surface area contributed by atoms with Crippen molar-refractivity contribution in [2.24, 2.45) is 7.05 Å². The number of tetrazole rings is 1. The number of aryl methyl sites for hydroxylation is 1. The first kappa shape index (κ1) is 10.9. The maximum Gasteiger partial charge on any atom is 0.242 e. The van der Waals surface area contributed by atoms with Gasteiger partial charge < -0.3 is 15.2 Å². The van der Waals surface area contributed by atoms with E-state index in [-0.39, 0.29) is 12.6 Å². The number of hydrogen-bond acceptors (Lipinski definition) is 6. The van der Waals surface area contributed by atoms with Crippen LogP contribution in [0.15, 0.2) is 0 Å². The van der Waals surface area contributed by atoms with Crippen LogP contribution in [0.2, 0.25) is 0 Å². The highest BCUT2D eigenvalue weighted by atomic mass is 16.5. The summed E-state index contributed by atoms with van der Waals surface area (Å²) in [6, 6.07) is 0.0229. The second-order valence-electron chi connectivity index (χ2n) is 2.93. The molecule has 1 aromatic heterocycles. The molecule has 0 aliphatic rings. The highest BCUT2D eigenvalue weighted by Gasteiger charge is 2.10. The van der Waals surface area contributed by atoms with E-state index < -0.39 is 0 Å². The maximum atomic E-state index is 8.81. The average Bonchev–Trinajstić information content (AvgIpc) is 2.53. The predicted molar refractivity (Wildman–Crippen MR) is 49.8 cm³/mol. The molecule has 0 spiro atoms. The van der Waals surface area contributed by atoms with Crippen molar-refractivity contribution in [2.75, 3.05) is 25.6 Å². The Labute approximate surface area is 82.1 Å². The molecule has 0 radical (unpaired) electrons. The summed E-state index contributed by atoms with van der Waals surface area (Å²) < 4.78 is 6.52. The Morgan fingerprint density at radius 2 is 2.43 bits per heavy atom. The van der Waals surface area contributed by atoms with Crippen LogP contribution in [0.3, 0.4) is 0 Å². The SMILES string of the molecule is COCC(CCO)Nc1nnnn1C. The number of anilines is 1. The number of hydrogen-bond donors (Lipinski definition) is 2. The minimum absolute atomic E-state index is 0.0229. The summed E-state index contributed by atoms with van der Waals surface area (Å²) in [5, 5.41) is 22.8. The zero-order valence-electron chi connectivity index (χ0n) is 8.34. The first-order valence-electron chi connectivity index (χ1n) is 4.36. The maximum absolute atomic E-state index is 8.81. The Morgan fingerprint density at radius 3 is 2.93 bits per heavy atom. The molecule has 0 saturated carbocycles. The van der Waals surface area contributed by atoms with Gasteiger partial charge in [-0.15, -0.1) is 0 Å². The lowest BCUT2D eigenvalue weighted by Gasteiger charge is -2.15. The molecular weight excluding hydrogens is 186 g/mol. The number of rotatable bonds is 6. The van der Waals surface area contributed by atoms with E-state index in [0.29, 0.717) is 19.0 Å². The lowest BCUT2D eigenvalue weighted by Crippen LogP contribution is -2.27. The number of aliphatic hydroxyl groups is 1. The van der Waals surface area contributed by atoms with Crippen LogP contribution in [0.25, 0.3) is 0 Å². The summed E-state index contributed by atoms with van der Waals surface area (Å²) in [6.45, 7) is 0.611. The van der Waals surface area contributed by atoms with Gasteiger partial charge in [-0.25, -0.2) is 4.68 Å². The Bertz CT molecular complexity index is 258. The summed E-state index contributed by atoms with van der Waals surface area (Å²) in [5.41, 5.74) is 0. The fourth-order valence-electron chi connectivity index (χ4n) is 1.09. The van der Waals surface area contributed by atoms with Crippen LogP contribution in [-0.2, 0) is 11.8 Å². The number of aliphatic hydroxyl groups excluding tert-OH is 1. The summed E-state index contributed by atoms with van der Waals surface area (Å²) in [6.07, 6.45) is 0.598. The zero-order valence-corrected chi connectivity index (χ0v) is 8.34. The van der Waals surface area contributed by atoms with Crippen LogP contribution >= 0.6 is 0 Å². The molecule has 0 aromatic carbocycles. The fourth-order valence-corrected chi connectivity index (χ4v) is 1.09. The smallest absolute Gasteiger partial charge is 0.242 e. The van der Waals surface area contributed by atoms with Crippen molar-refractivity contribution in [1.29, 1.82) is 0 Å². The van der Waals surface area contributed by atoms with E-state index in [4.69, 9.17) is 9.84 Å². The highest BCUT2D eigenvalue weighted by Crippen LogP contribution is 2.02. The quantitative estimate of drug-likeness (QED) is 0.615. The van der Waals surface area contributed by atoms with Gasteiger partial charge in [0, 0.05) is 20.8 Å². The van der Waals surface area contributed by atoms with Crippen molar-refractivity contribution in [3.8, 4) is 0 Å². The van der Waals surface area contributed by atoms with Gasteiger partial charge in [-0.2, -0.15) is 0 Å². The molecule has 14 heavy (non-hydrogen) atoms. The molecule has 1 unspecified atom stereocenters. The summed E-state index contributed by atoms with van der Waals surface area (Å²) >= 11 is 0. The molecule has 0 fully saturated rings. The average molecular weight is 201 g/mol. The first-order valence-corrected chi connectivity index (χ1v) is 4.36. The minimum atomic E-state index is 0.0229. The molecule has 1 aromatic rings. The molecule has 1 atom stereocenters. The van der Waals surface area contributed by atoms with Crippen LogP contribution in [0.1, 0.15) is 6.42 Å². The van der Waals surface area contributed by atoms with Crippen molar-refractivity contribution < 1.29 is 9.84 Å². The van der Waals surface area contributed by atoms with Gasteiger partial charge in [0.05, 0.1) is 12.6 Å². The molecule has 1 heterocycles. The van der Waals surface area contributed by atoms with E-state index in [1.54, 1.807) is 14.2 Å². The van der Waals surface area contributed by atoms with Gasteiger partial charge in [0.2, 0.25) is 5.95 Å². The zero-order chi connectivity index (χ0) is 10.4. The first-order chi connectivity index (χ1) is 6.77. The van der Waals surface area contributed by atoms with Gasteiger partial charge in [-0.05, 0) is 16.8 Å². The van der Waals surface area contributed by atoms with Crippen LogP contribution < -0.4 is 5.32 Å². The second kappa shape index (κ2) is 5.51. The van der Waals surface area contributed by atoms with Gasteiger partial charge in [-0.1, -0.05) is 5.10 Å². The normalized spacial score (nSPS) is 12.8. The van der Waals surface area contributed by atoms with Crippen molar-refractivity contribution in [2.45, 2.75) is 12.5 Å². The summed E-state index contributed by atoms with van der Waals surface area (Å²) in [4.78, 5) is 0. The van der Waals surface area contributed by atoms with Crippen LogP contribution in [0, 0.1) is 0 Å². The molecule has 1 rings (SSSR count). The predicted octanol–water partition coefficient (Wildman–Crippen LogP) is -0.981. The van der Waals surface area contributed by atoms with Crippen molar-refractivity contribution in [1.82, 2.24) is 20.2 Å². The molecule has 0 aliphatic heterocycles. The summed E-state index contributed by atoms with van der Waals surface area (Å²) in [5.74, 6) is 0.570. The Morgan fingerprint density at radius 1 is 1.64 bits per heavy atom. The number of methoxy groups -OCH3 is 1. The molecule has 0 amide bonds. The molecule has 0 saturated heterocycles. The molecule has 2 N–H and O–H groups in total. The van der Waals surface area contributed by atoms with E-state index in [9.17, 15) is 0 Å². The topological polar surface area (TPSA) is 85.1 Å². The van der Waals surface area contributed by atoms with Crippen molar-refractivity contribution in [3.05, 3.63) is 0 Å². The third kappa shape index (κ3) is 2.93. The van der Waals surface area contributed by atoms with Gasteiger partial charge >= 0.3 is 0 Å². The lowest BCUT2D eigenvalue weighted by atomic mass is 10.2. The number of aromatic nitrogens is 4. The van der Waals surface area contributed by atoms with E-state index >= 15 is 0 Å². The van der Waals surface area contributed by atoms with Gasteiger partial charge in [0.1, 0.15) is 0 Å². The van der Waals surface area contributed by atoms with Crippen molar-refractivity contribution in [3.63, 3.8) is 0 Å². The number of nitrogens with one attached hydrogen (secondary N) is 1. The van der Waals surface area contributed by atoms with E-state index in [1.807, 2.05) is 0 Å². The van der Waals surface area contributed by atoms with Crippen LogP contribution in [0.4, 0.5) is 5.95 Å². The third-order valence-electron chi connectivity index (χ3n) is 1.80. The molecule has 0 bridgehead atoms. The molecule has 80 valence electrons. The largest absolute Gasteiger partial charge is 0.396 e. The summed E-state index contributed by atoms with van der Waals surface area (Å²) in [7, 11) is 3.35. The second-order valence-corrected chi connectivity index (χ2v) is 2.93. The van der Waals surface area contributed by atoms with Crippen molar-refractivity contribution >= 4 is 5.95 Å².